The van der Waals surface area contributed by atoms with Crippen LogP contribution in [0.1, 0.15) is 16.8 Å². The first-order valence-electron chi connectivity index (χ1n) is 13.2. The average Bonchev–Trinajstić information content (AvgIpc) is 3.40. The Kier molecular flexibility index (Phi) is 8.50. The van der Waals surface area contributed by atoms with Gasteiger partial charge in [-0.2, -0.15) is 0 Å². The van der Waals surface area contributed by atoms with Crippen LogP contribution in [0, 0.1) is 0 Å². The molecular formula is C30H34N6O3. The number of benzene rings is 3. The van der Waals surface area contributed by atoms with Crippen LogP contribution in [0.3, 0.4) is 0 Å². The molecule has 5 rings (SSSR count). The molecule has 4 aromatic rings. The number of carbonyl (C=O) groups is 1. The molecule has 3 aromatic carbocycles. The van der Waals surface area contributed by atoms with Crippen molar-refractivity contribution in [2.24, 2.45) is 0 Å². The number of piperazine rings is 1. The predicted molar refractivity (Wildman–Crippen MR) is 151 cm³/mol. The summed E-state index contributed by atoms with van der Waals surface area (Å²) in [5.74, 6) is -0.0209. The number of nitrogens with zero attached hydrogens (tertiary/aromatic N) is 5. The highest BCUT2D eigenvalue weighted by molar-refractivity contribution is 5.72. The van der Waals surface area contributed by atoms with E-state index in [4.69, 9.17) is 9.84 Å². The second-order valence-corrected chi connectivity index (χ2v) is 9.79. The molecular weight excluding hydrogens is 492 g/mol. The minimum Gasteiger partial charge on any atom is -0.497 e. The van der Waals surface area contributed by atoms with Gasteiger partial charge in [-0.1, -0.05) is 53.7 Å². The Morgan fingerprint density at radius 3 is 2.41 bits per heavy atom. The number of rotatable bonds is 11. The standard InChI is InChI=1S/C30H34N6O3/c1-39-28-11-9-24(10-12-28)29-8-3-2-6-25(29)20-34-13-15-35(16-14-34)21-27-22-36(33-32-27)19-23-5-4-7-26(17-23)31-18-30(37)38/h2-12,17,22,31H,13-16,18-21H2,1H3,(H,37,38). The van der Waals surface area contributed by atoms with Gasteiger partial charge in [-0.25, -0.2) is 4.68 Å². The fourth-order valence-electron chi connectivity index (χ4n) is 4.92. The first-order chi connectivity index (χ1) is 19.1. The summed E-state index contributed by atoms with van der Waals surface area (Å²) in [6.07, 6.45) is 1.99. The fourth-order valence-corrected chi connectivity index (χ4v) is 4.92. The van der Waals surface area contributed by atoms with Gasteiger partial charge in [0.05, 0.1) is 25.5 Å². The van der Waals surface area contributed by atoms with Crippen LogP contribution in [-0.4, -0.2) is 75.7 Å². The number of methoxy groups -OCH3 is 1. The zero-order chi connectivity index (χ0) is 27.0. The van der Waals surface area contributed by atoms with Gasteiger partial charge in [0.2, 0.25) is 0 Å². The number of nitrogens with one attached hydrogen (secondary N) is 1. The third-order valence-corrected chi connectivity index (χ3v) is 6.96. The van der Waals surface area contributed by atoms with E-state index in [0.717, 1.165) is 62.0 Å². The van der Waals surface area contributed by atoms with Crippen molar-refractivity contribution < 1.29 is 14.6 Å². The van der Waals surface area contributed by atoms with E-state index in [0.29, 0.717) is 6.54 Å². The summed E-state index contributed by atoms with van der Waals surface area (Å²) in [5, 5.41) is 20.5. The molecule has 2 heterocycles. The van der Waals surface area contributed by atoms with E-state index in [2.05, 4.69) is 61.8 Å². The van der Waals surface area contributed by atoms with Crippen LogP contribution in [0.5, 0.6) is 5.75 Å². The van der Waals surface area contributed by atoms with E-state index >= 15 is 0 Å². The summed E-state index contributed by atoms with van der Waals surface area (Å²) in [4.78, 5) is 15.7. The molecule has 1 aromatic heterocycles. The maximum Gasteiger partial charge on any atom is 0.322 e. The van der Waals surface area contributed by atoms with Gasteiger partial charge in [-0.3, -0.25) is 14.6 Å². The number of carboxylic acids is 1. The van der Waals surface area contributed by atoms with Crippen molar-refractivity contribution >= 4 is 11.7 Å². The van der Waals surface area contributed by atoms with E-state index in [9.17, 15) is 4.79 Å². The molecule has 202 valence electrons. The van der Waals surface area contributed by atoms with Crippen LogP contribution in [0.25, 0.3) is 11.1 Å². The van der Waals surface area contributed by atoms with Gasteiger partial charge in [-0.05, 0) is 46.5 Å². The summed E-state index contributed by atoms with van der Waals surface area (Å²) in [5.41, 5.74) is 6.57. The summed E-state index contributed by atoms with van der Waals surface area (Å²) in [7, 11) is 1.69. The second kappa shape index (κ2) is 12.6. The van der Waals surface area contributed by atoms with Gasteiger partial charge in [0, 0.05) is 45.0 Å². The van der Waals surface area contributed by atoms with Crippen molar-refractivity contribution in [2.45, 2.75) is 19.6 Å². The van der Waals surface area contributed by atoms with Gasteiger partial charge >= 0.3 is 5.97 Å². The zero-order valence-electron chi connectivity index (χ0n) is 22.2. The van der Waals surface area contributed by atoms with Crippen LogP contribution in [0.4, 0.5) is 5.69 Å². The van der Waals surface area contributed by atoms with Crippen LogP contribution in [0.2, 0.25) is 0 Å². The smallest absolute Gasteiger partial charge is 0.322 e. The highest BCUT2D eigenvalue weighted by Gasteiger charge is 2.19. The molecule has 0 unspecified atom stereocenters. The lowest BCUT2D eigenvalue weighted by molar-refractivity contribution is -0.134. The number of aliphatic carboxylic acids is 1. The van der Waals surface area contributed by atoms with Crippen molar-refractivity contribution in [1.82, 2.24) is 24.8 Å². The first kappa shape index (κ1) is 26.4. The maximum absolute atomic E-state index is 10.8. The summed E-state index contributed by atoms with van der Waals surface area (Å²) in [6.45, 7) is 6.13. The molecule has 9 heteroatoms. The van der Waals surface area contributed by atoms with E-state index in [1.807, 2.05) is 47.3 Å². The van der Waals surface area contributed by atoms with E-state index in [1.165, 1.54) is 16.7 Å². The first-order valence-corrected chi connectivity index (χ1v) is 13.2. The Hall–Kier alpha value is -4.21. The van der Waals surface area contributed by atoms with Gasteiger partial charge in [-0.15, -0.1) is 5.10 Å². The van der Waals surface area contributed by atoms with E-state index in [-0.39, 0.29) is 6.54 Å². The monoisotopic (exact) mass is 526 g/mol. The molecule has 0 atom stereocenters. The number of anilines is 1. The molecule has 39 heavy (non-hydrogen) atoms. The lowest BCUT2D eigenvalue weighted by atomic mass is 9.99. The van der Waals surface area contributed by atoms with Crippen molar-refractivity contribution in [3.05, 3.63) is 95.8 Å². The molecule has 0 bridgehead atoms. The van der Waals surface area contributed by atoms with Crippen molar-refractivity contribution in [1.29, 1.82) is 0 Å². The summed E-state index contributed by atoms with van der Waals surface area (Å²) < 4.78 is 7.15. The maximum atomic E-state index is 10.8. The topological polar surface area (TPSA) is 95.8 Å². The SMILES string of the molecule is COc1ccc(-c2ccccc2CN2CCN(Cc3cn(Cc4cccc(NCC(=O)O)c4)nn3)CC2)cc1. The minimum absolute atomic E-state index is 0.112. The molecule has 0 saturated carbocycles. The molecule has 0 aliphatic carbocycles. The Morgan fingerprint density at radius 2 is 1.67 bits per heavy atom. The number of hydrogen-bond donors (Lipinski definition) is 2. The number of aromatic nitrogens is 3. The van der Waals surface area contributed by atoms with Crippen LogP contribution in [-0.2, 0) is 24.4 Å². The van der Waals surface area contributed by atoms with Gasteiger partial charge in [0.15, 0.2) is 0 Å². The summed E-state index contributed by atoms with van der Waals surface area (Å²) in [6, 6.07) is 24.6. The largest absolute Gasteiger partial charge is 0.497 e. The predicted octanol–water partition coefficient (Wildman–Crippen LogP) is 3.82. The van der Waals surface area contributed by atoms with Crippen LogP contribution >= 0.6 is 0 Å². The third kappa shape index (κ3) is 7.22. The minimum atomic E-state index is -0.888. The molecule has 1 aliphatic heterocycles. The second-order valence-electron chi connectivity index (χ2n) is 9.79. The third-order valence-electron chi connectivity index (χ3n) is 6.96. The number of carboxylic acid groups (broad SMARTS) is 1. The number of ether oxygens (including phenoxy) is 1. The van der Waals surface area contributed by atoms with Crippen molar-refractivity contribution in [3.63, 3.8) is 0 Å². The normalized spacial score (nSPS) is 14.3. The van der Waals surface area contributed by atoms with Crippen molar-refractivity contribution in [2.75, 3.05) is 45.2 Å². The van der Waals surface area contributed by atoms with Crippen LogP contribution in [0.15, 0.2) is 79.0 Å². The highest BCUT2D eigenvalue weighted by atomic mass is 16.5. The molecule has 1 aliphatic rings. The molecule has 1 fully saturated rings. The Morgan fingerprint density at radius 1 is 0.923 bits per heavy atom. The summed E-state index contributed by atoms with van der Waals surface area (Å²) >= 11 is 0. The highest BCUT2D eigenvalue weighted by Crippen LogP contribution is 2.27. The lowest BCUT2D eigenvalue weighted by Gasteiger charge is -2.34. The van der Waals surface area contributed by atoms with Gasteiger partial charge in [0.1, 0.15) is 12.3 Å². The molecule has 1 saturated heterocycles. The fraction of sp³-hybridized carbons (Fsp3) is 0.300. The van der Waals surface area contributed by atoms with Gasteiger partial charge in [0.25, 0.3) is 0 Å². The Bertz CT molecular complexity index is 1380. The Labute approximate surface area is 228 Å². The van der Waals surface area contributed by atoms with E-state index < -0.39 is 5.97 Å². The van der Waals surface area contributed by atoms with Crippen molar-refractivity contribution in [3.8, 4) is 16.9 Å². The lowest BCUT2D eigenvalue weighted by Crippen LogP contribution is -2.45. The molecule has 0 amide bonds. The molecule has 9 nitrogen and oxygen atoms in total. The average molecular weight is 527 g/mol. The quantitative estimate of drug-likeness (QED) is 0.305. The van der Waals surface area contributed by atoms with E-state index in [1.54, 1.807) is 7.11 Å². The molecule has 0 spiro atoms. The molecule has 0 radical (unpaired) electrons. The van der Waals surface area contributed by atoms with Gasteiger partial charge < -0.3 is 15.2 Å². The number of hydrogen-bond acceptors (Lipinski definition) is 7. The molecule has 2 N–H and O–H groups in total. The zero-order valence-corrected chi connectivity index (χ0v) is 22.2. The van der Waals surface area contributed by atoms with Crippen LogP contribution < -0.4 is 10.1 Å². The Balaban J connectivity index is 1.12.